The topological polar surface area (TPSA) is 6.48 Å². The highest BCUT2D eigenvalue weighted by atomic mass is 15.2. The van der Waals surface area contributed by atoms with Crippen LogP contribution in [0.1, 0.15) is 46.0 Å². The third-order valence-electron chi connectivity index (χ3n) is 3.50. The van der Waals surface area contributed by atoms with Crippen LogP contribution < -0.4 is 0 Å². The maximum absolute atomic E-state index is 2.46. The van der Waals surface area contributed by atoms with Gasteiger partial charge in [-0.15, -0.1) is 0 Å². The molecule has 1 heterocycles. The molecule has 0 bridgehead atoms. The van der Waals surface area contributed by atoms with Crippen LogP contribution >= 0.6 is 0 Å². The van der Waals surface area contributed by atoms with Crippen molar-refractivity contribution >= 4 is 0 Å². The van der Waals surface area contributed by atoms with Gasteiger partial charge in [-0.05, 0) is 31.7 Å². The quantitative estimate of drug-likeness (QED) is 0.623. The normalized spacial score (nSPS) is 19.4. The molecule has 0 spiro atoms. The molecule has 0 fully saturated rings. The lowest BCUT2D eigenvalue weighted by Gasteiger charge is -2.37. The molecule has 98 valence electrons. The molecule has 0 aliphatic carbocycles. The van der Waals surface area contributed by atoms with Gasteiger partial charge in [-0.2, -0.15) is 0 Å². The van der Waals surface area contributed by atoms with Crippen LogP contribution in [0.25, 0.3) is 0 Å². The number of unbranched alkanes of at least 4 members (excludes halogenated alkanes) is 3. The van der Waals surface area contributed by atoms with Crippen molar-refractivity contribution in [1.82, 2.24) is 9.80 Å². The Morgan fingerprint density at radius 3 is 2.53 bits per heavy atom. The van der Waals surface area contributed by atoms with E-state index in [1.54, 1.807) is 0 Å². The van der Waals surface area contributed by atoms with Crippen molar-refractivity contribution < 1.29 is 0 Å². The molecular formula is C15H28N2. The molecular weight excluding hydrogens is 208 g/mol. The third-order valence-corrected chi connectivity index (χ3v) is 3.50. The fourth-order valence-corrected chi connectivity index (χ4v) is 2.49. The second-order valence-electron chi connectivity index (χ2n) is 5.02. The Morgan fingerprint density at radius 1 is 1.18 bits per heavy atom. The lowest BCUT2D eigenvalue weighted by Crippen LogP contribution is -2.38. The first-order valence-electron chi connectivity index (χ1n) is 7.02. The second-order valence-corrected chi connectivity index (χ2v) is 5.02. The summed E-state index contributed by atoms with van der Waals surface area (Å²) in [5.74, 6) is 0. The standard InChI is InChI=1S/C15H28N2/c1-5-7-8-9-11-15-14(16(3)4)12-10-13-17(15)6-2/h10,12-13,15H,5-9,11H2,1-4H3. The van der Waals surface area contributed by atoms with Crippen molar-refractivity contribution in [3.05, 3.63) is 24.0 Å². The zero-order valence-corrected chi connectivity index (χ0v) is 11.9. The molecule has 17 heavy (non-hydrogen) atoms. The van der Waals surface area contributed by atoms with Crippen molar-refractivity contribution in [2.24, 2.45) is 0 Å². The summed E-state index contributed by atoms with van der Waals surface area (Å²) in [5, 5.41) is 0. The summed E-state index contributed by atoms with van der Waals surface area (Å²) in [6.07, 6.45) is 13.3. The number of likely N-dealkylation sites (N-methyl/N-ethyl adjacent to an activating group) is 2. The Kier molecular flexibility index (Phi) is 6.17. The summed E-state index contributed by atoms with van der Waals surface area (Å²) < 4.78 is 0. The van der Waals surface area contributed by atoms with Crippen LogP contribution in [0.5, 0.6) is 0 Å². The van der Waals surface area contributed by atoms with Gasteiger partial charge in [-0.1, -0.05) is 32.6 Å². The Balaban J connectivity index is 2.56. The van der Waals surface area contributed by atoms with Crippen LogP contribution in [0, 0.1) is 0 Å². The molecule has 0 amide bonds. The Morgan fingerprint density at radius 2 is 1.94 bits per heavy atom. The SMILES string of the molecule is CCCCCCC1C(N(C)C)=CC=CN1CC. The monoisotopic (exact) mass is 236 g/mol. The molecule has 0 aromatic carbocycles. The van der Waals surface area contributed by atoms with Crippen molar-refractivity contribution in [2.75, 3.05) is 20.6 Å². The summed E-state index contributed by atoms with van der Waals surface area (Å²) in [6, 6.07) is 0.580. The molecule has 1 unspecified atom stereocenters. The molecule has 2 heteroatoms. The van der Waals surface area contributed by atoms with Gasteiger partial charge in [-0.25, -0.2) is 0 Å². The fraction of sp³-hybridized carbons (Fsp3) is 0.733. The lowest BCUT2D eigenvalue weighted by atomic mass is 10.0. The number of rotatable bonds is 7. The molecule has 2 nitrogen and oxygen atoms in total. The third kappa shape index (κ3) is 4.10. The average molecular weight is 236 g/mol. The highest BCUT2D eigenvalue weighted by Crippen LogP contribution is 2.23. The number of hydrogen-bond donors (Lipinski definition) is 0. The van der Waals surface area contributed by atoms with Crippen LogP contribution in [-0.4, -0.2) is 36.5 Å². The Labute approximate surface area is 107 Å². The van der Waals surface area contributed by atoms with E-state index in [1.165, 1.54) is 37.8 Å². The van der Waals surface area contributed by atoms with Crippen molar-refractivity contribution in [3.8, 4) is 0 Å². The zero-order valence-electron chi connectivity index (χ0n) is 11.9. The Bertz CT molecular complexity index is 266. The van der Waals surface area contributed by atoms with Crippen LogP contribution in [-0.2, 0) is 0 Å². The van der Waals surface area contributed by atoms with E-state index in [-0.39, 0.29) is 0 Å². The van der Waals surface area contributed by atoms with Crippen LogP contribution in [0.3, 0.4) is 0 Å². The van der Waals surface area contributed by atoms with Gasteiger partial charge in [0.1, 0.15) is 0 Å². The highest BCUT2D eigenvalue weighted by Gasteiger charge is 2.21. The van der Waals surface area contributed by atoms with Crippen LogP contribution in [0.15, 0.2) is 24.0 Å². The van der Waals surface area contributed by atoms with Gasteiger partial charge in [0.15, 0.2) is 0 Å². The first kappa shape index (κ1) is 14.1. The fourth-order valence-electron chi connectivity index (χ4n) is 2.49. The minimum absolute atomic E-state index is 0.580. The van der Waals surface area contributed by atoms with E-state index in [0.717, 1.165) is 6.54 Å². The lowest BCUT2D eigenvalue weighted by molar-refractivity contribution is 0.255. The molecule has 0 saturated heterocycles. The van der Waals surface area contributed by atoms with Crippen LogP contribution in [0.2, 0.25) is 0 Å². The largest absolute Gasteiger partial charge is 0.379 e. The van der Waals surface area contributed by atoms with E-state index in [1.807, 2.05) is 0 Å². The van der Waals surface area contributed by atoms with E-state index < -0.39 is 0 Å². The van der Waals surface area contributed by atoms with Gasteiger partial charge in [0.05, 0.1) is 6.04 Å². The van der Waals surface area contributed by atoms with E-state index in [2.05, 4.69) is 56.1 Å². The second kappa shape index (κ2) is 7.41. The maximum atomic E-state index is 2.46. The van der Waals surface area contributed by atoms with Crippen molar-refractivity contribution in [1.29, 1.82) is 0 Å². The van der Waals surface area contributed by atoms with Crippen molar-refractivity contribution in [3.63, 3.8) is 0 Å². The summed E-state index contributed by atoms with van der Waals surface area (Å²) in [4.78, 5) is 4.72. The first-order valence-corrected chi connectivity index (χ1v) is 7.02. The molecule has 0 saturated carbocycles. The predicted octanol–water partition coefficient (Wildman–Crippen LogP) is 3.62. The maximum Gasteiger partial charge on any atom is 0.0684 e. The summed E-state index contributed by atoms with van der Waals surface area (Å²) in [7, 11) is 4.30. The molecule has 1 rings (SSSR count). The summed E-state index contributed by atoms with van der Waals surface area (Å²) in [6.45, 7) is 5.61. The molecule has 1 aliphatic rings. The van der Waals surface area contributed by atoms with Gasteiger partial charge < -0.3 is 9.80 Å². The van der Waals surface area contributed by atoms with Gasteiger partial charge in [0.25, 0.3) is 0 Å². The van der Waals surface area contributed by atoms with Gasteiger partial charge in [0.2, 0.25) is 0 Å². The van der Waals surface area contributed by atoms with E-state index in [4.69, 9.17) is 0 Å². The van der Waals surface area contributed by atoms with Gasteiger partial charge in [0, 0.05) is 26.3 Å². The van der Waals surface area contributed by atoms with Crippen LogP contribution in [0.4, 0.5) is 0 Å². The van der Waals surface area contributed by atoms with E-state index in [0.29, 0.717) is 6.04 Å². The van der Waals surface area contributed by atoms with Crippen molar-refractivity contribution in [2.45, 2.75) is 52.0 Å². The number of nitrogens with zero attached hydrogens (tertiary/aromatic N) is 2. The summed E-state index contributed by atoms with van der Waals surface area (Å²) >= 11 is 0. The molecule has 1 aliphatic heterocycles. The minimum Gasteiger partial charge on any atom is -0.379 e. The Hall–Kier alpha value is -0.920. The molecule has 0 N–H and O–H groups in total. The smallest absolute Gasteiger partial charge is 0.0684 e. The number of allylic oxidation sites excluding steroid dienone is 2. The molecule has 1 atom stereocenters. The van der Waals surface area contributed by atoms with E-state index >= 15 is 0 Å². The first-order chi connectivity index (χ1) is 8.20. The molecule has 0 aromatic rings. The summed E-state index contributed by atoms with van der Waals surface area (Å²) in [5.41, 5.74) is 1.45. The highest BCUT2D eigenvalue weighted by molar-refractivity contribution is 5.22. The minimum atomic E-state index is 0.580. The zero-order chi connectivity index (χ0) is 12.7. The average Bonchev–Trinajstić information content (AvgIpc) is 2.34. The molecule has 0 radical (unpaired) electrons. The predicted molar refractivity (Wildman–Crippen MR) is 75.8 cm³/mol. The van der Waals surface area contributed by atoms with Gasteiger partial charge >= 0.3 is 0 Å². The van der Waals surface area contributed by atoms with E-state index in [9.17, 15) is 0 Å². The van der Waals surface area contributed by atoms with Gasteiger partial charge in [-0.3, -0.25) is 0 Å². The number of hydrogen-bond acceptors (Lipinski definition) is 2. The molecule has 0 aromatic heterocycles.